The summed E-state index contributed by atoms with van der Waals surface area (Å²) in [6.45, 7) is 1.14. The molecule has 1 fully saturated rings. The van der Waals surface area contributed by atoms with E-state index >= 15 is 0 Å². The van der Waals surface area contributed by atoms with Gasteiger partial charge in [-0.3, -0.25) is 9.59 Å². The van der Waals surface area contributed by atoms with Crippen molar-refractivity contribution < 1.29 is 14.0 Å². The van der Waals surface area contributed by atoms with Gasteiger partial charge in [0.05, 0.1) is 16.6 Å². The van der Waals surface area contributed by atoms with Crippen molar-refractivity contribution in [2.75, 3.05) is 19.6 Å². The number of aromatic nitrogens is 1. The maximum Gasteiger partial charge on any atom is 0.251 e. The highest BCUT2D eigenvalue weighted by Gasteiger charge is 2.27. The van der Waals surface area contributed by atoms with Crippen LogP contribution in [0.25, 0.3) is 11.1 Å². The Bertz CT molecular complexity index is 1030. The highest BCUT2D eigenvalue weighted by Crippen LogP contribution is 2.30. The average Bonchev–Trinajstić information content (AvgIpc) is 3.18. The summed E-state index contributed by atoms with van der Waals surface area (Å²) in [7, 11) is 0. The summed E-state index contributed by atoms with van der Waals surface area (Å²) in [5.74, 6) is 0.441. The fourth-order valence-electron chi connectivity index (χ4n) is 3.45. The van der Waals surface area contributed by atoms with Crippen LogP contribution in [0.2, 0.25) is 10.0 Å². The van der Waals surface area contributed by atoms with Gasteiger partial charge in [0.15, 0.2) is 11.5 Å². The fraction of sp³-hybridized carbons (Fsp3) is 0.286. The van der Waals surface area contributed by atoms with E-state index in [9.17, 15) is 9.59 Å². The number of carbonyl (C=O) groups excluding carboxylic acids is 2. The molecule has 0 radical (unpaired) electrons. The van der Waals surface area contributed by atoms with Gasteiger partial charge in [0, 0.05) is 24.6 Å². The number of hydrogen-bond donors (Lipinski definition) is 1. The summed E-state index contributed by atoms with van der Waals surface area (Å²) in [5.41, 5.74) is 2.00. The number of fused-ring (bicyclic) bond motifs is 1. The van der Waals surface area contributed by atoms with Crippen LogP contribution in [0.5, 0.6) is 0 Å². The molecule has 0 aliphatic carbocycles. The lowest BCUT2D eigenvalue weighted by molar-refractivity contribution is -0.131. The van der Waals surface area contributed by atoms with Crippen LogP contribution in [0, 0.1) is 0 Å². The van der Waals surface area contributed by atoms with E-state index in [4.69, 9.17) is 27.6 Å². The van der Waals surface area contributed by atoms with E-state index in [1.54, 1.807) is 17.0 Å². The lowest BCUT2D eigenvalue weighted by Crippen LogP contribution is -2.43. The Labute approximate surface area is 177 Å². The monoisotopic (exact) mass is 431 g/mol. The number of rotatable bonds is 4. The minimum atomic E-state index is -0.363. The van der Waals surface area contributed by atoms with Gasteiger partial charge in [-0.25, -0.2) is 4.98 Å². The van der Waals surface area contributed by atoms with Gasteiger partial charge in [-0.05, 0) is 43.2 Å². The van der Waals surface area contributed by atoms with Crippen molar-refractivity contribution in [3.63, 3.8) is 0 Å². The Morgan fingerprint density at radius 2 is 1.86 bits per heavy atom. The molecule has 1 saturated heterocycles. The molecule has 0 saturated carbocycles. The Hall–Kier alpha value is -2.57. The molecule has 0 bridgehead atoms. The summed E-state index contributed by atoms with van der Waals surface area (Å²) in [4.78, 5) is 31.0. The summed E-state index contributed by atoms with van der Waals surface area (Å²) in [5, 5.41) is 3.31. The maximum absolute atomic E-state index is 12.5. The van der Waals surface area contributed by atoms with E-state index < -0.39 is 0 Å². The van der Waals surface area contributed by atoms with Crippen molar-refractivity contribution in [2.45, 2.75) is 18.8 Å². The van der Waals surface area contributed by atoms with Crippen LogP contribution >= 0.6 is 23.2 Å². The van der Waals surface area contributed by atoms with Crippen molar-refractivity contribution in [1.82, 2.24) is 15.2 Å². The Balaban J connectivity index is 1.29. The van der Waals surface area contributed by atoms with Crippen LogP contribution in [0.4, 0.5) is 0 Å². The zero-order valence-electron chi connectivity index (χ0n) is 15.5. The first-order chi connectivity index (χ1) is 14.0. The number of oxazole rings is 1. The Morgan fingerprint density at radius 3 is 2.59 bits per heavy atom. The first-order valence-corrected chi connectivity index (χ1v) is 10.1. The van der Waals surface area contributed by atoms with E-state index in [2.05, 4.69) is 10.3 Å². The minimum Gasteiger partial charge on any atom is -0.440 e. The largest absolute Gasteiger partial charge is 0.440 e. The van der Waals surface area contributed by atoms with Gasteiger partial charge in [0.1, 0.15) is 5.52 Å². The van der Waals surface area contributed by atoms with E-state index in [0.29, 0.717) is 28.7 Å². The molecule has 1 aliphatic heterocycles. The molecule has 6 nitrogen and oxygen atoms in total. The van der Waals surface area contributed by atoms with Crippen LogP contribution in [0.1, 0.15) is 35.0 Å². The van der Waals surface area contributed by atoms with Crippen molar-refractivity contribution >= 4 is 46.1 Å². The second-order valence-electron chi connectivity index (χ2n) is 6.99. The van der Waals surface area contributed by atoms with Gasteiger partial charge < -0.3 is 14.6 Å². The molecule has 2 aromatic carbocycles. The number of halogens is 2. The Kier molecular flexibility index (Phi) is 5.74. The standard InChI is InChI=1S/C21H19Cl2N3O3/c22-15-6-5-14(11-16(15)23)20(28)24-12-19(27)26-9-7-13(8-10-26)21-25-17-3-1-2-4-18(17)29-21/h1-6,11,13H,7-10,12H2,(H,24,28). The van der Waals surface area contributed by atoms with Crippen LogP contribution in [-0.2, 0) is 4.79 Å². The first kappa shape index (κ1) is 19.7. The number of para-hydroxylation sites is 2. The molecule has 0 spiro atoms. The lowest BCUT2D eigenvalue weighted by Gasteiger charge is -2.30. The van der Waals surface area contributed by atoms with E-state index in [1.165, 1.54) is 6.07 Å². The third kappa shape index (κ3) is 4.38. The van der Waals surface area contributed by atoms with Crippen LogP contribution in [0.15, 0.2) is 46.9 Å². The van der Waals surface area contributed by atoms with E-state index in [1.807, 2.05) is 24.3 Å². The molecule has 0 unspecified atom stereocenters. The number of nitrogens with one attached hydrogen (secondary N) is 1. The summed E-state index contributed by atoms with van der Waals surface area (Å²) >= 11 is 11.8. The topological polar surface area (TPSA) is 75.4 Å². The van der Waals surface area contributed by atoms with Crippen molar-refractivity contribution in [2.24, 2.45) is 0 Å². The molecule has 1 N–H and O–H groups in total. The van der Waals surface area contributed by atoms with Gasteiger partial charge in [-0.1, -0.05) is 35.3 Å². The van der Waals surface area contributed by atoms with Gasteiger partial charge in [0.2, 0.25) is 5.91 Å². The van der Waals surface area contributed by atoms with Crippen LogP contribution in [0.3, 0.4) is 0 Å². The number of hydrogen-bond acceptors (Lipinski definition) is 4. The third-order valence-corrected chi connectivity index (χ3v) is 5.83. The van der Waals surface area contributed by atoms with Crippen LogP contribution < -0.4 is 5.32 Å². The molecule has 1 aromatic heterocycles. The average molecular weight is 432 g/mol. The number of nitrogens with zero attached hydrogens (tertiary/aromatic N) is 2. The summed E-state index contributed by atoms with van der Waals surface area (Å²) in [6.07, 6.45) is 1.55. The van der Waals surface area contributed by atoms with Crippen LogP contribution in [-0.4, -0.2) is 41.3 Å². The van der Waals surface area contributed by atoms with Gasteiger partial charge in [-0.2, -0.15) is 0 Å². The van der Waals surface area contributed by atoms with Crippen molar-refractivity contribution in [3.8, 4) is 0 Å². The second kappa shape index (κ2) is 8.43. The molecule has 2 amide bonds. The number of amides is 2. The minimum absolute atomic E-state index is 0.0629. The van der Waals surface area contributed by atoms with E-state index in [-0.39, 0.29) is 24.3 Å². The molecule has 4 rings (SSSR count). The molecule has 1 aliphatic rings. The van der Waals surface area contributed by atoms with Gasteiger partial charge >= 0.3 is 0 Å². The quantitative estimate of drug-likeness (QED) is 0.668. The van der Waals surface area contributed by atoms with Gasteiger partial charge in [0.25, 0.3) is 5.91 Å². The van der Waals surface area contributed by atoms with Gasteiger partial charge in [-0.15, -0.1) is 0 Å². The van der Waals surface area contributed by atoms with Crippen molar-refractivity contribution in [3.05, 3.63) is 64.0 Å². The summed E-state index contributed by atoms with van der Waals surface area (Å²) in [6, 6.07) is 12.3. The SMILES string of the molecule is O=C(NCC(=O)N1CCC(c2nc3ccccc3o2)CC1)c1ccc(Cl)c(Cl)c1. The molecular weight excluding hydrogens is 413 g/mol. The molecule has 8 heteroatoms. The molecule has 29 heavy (non-hydrogen) atoms. The number of benzene rings is 2. The highest BCUT2D eigenvalue weighted by molar-refractivity contribution is 6.42. The summed E-state index contributed by atoms with van der Waals surface area (Å²) < 4.78 is 5.86. The third-order valence-electron chi connectivity index (χ3n) is 5.09. The smallest absolute Gasteiger partial charge is 0.251 e. The van der Waals surface area contributed by atoms with Crippen molar-refractivity contribution in [1.29, 1.82) is 0 Å². The Morgan fingerprint density at radius 1 is 1.10 bits per heavy atom. The number of carbonyl (C=O) groups is 2. The predicted octanol–water partition coefficient (Wildman–Crippen LogP) is 4.27. The zero-order valence-corrected chi connectivity index (χ0v) is 17.0. The fourth-order valence-corrected chi connectivity index (χ4v) is 3.75. The molecule has 150 valence electrons. The molecule has 3 aromatic rings. The van der Waals surface area contributed by atoms with E-state index in [0.717, 1.165) is 29.8 Å². The maximum atomic E-state index is 12.5. The first-order valence-electron chi connectivity index (χ1n) is 9.38. The normalized spacial score (nSPS) is 14.9. The molecule has 2 heterocycles. The molecule has 0 atom stereocenters. The highest BCUT2D eigenvalue weighted by atomic mass is 35.5. The molecular formula is C21H19Cl2N3O3. The zero-order chi connectivity index (χ0) is 20.4. The number of piperidine rings is 1. The number of likely N-dealkylation sites (tertiary alicyclic amines) is 1. The lowest BCUT2D eigenvalue weighted by atomic mass is 9.97. The predicted molar refractivity (Wildman–Crippen MR) is 111 cm³/mol. The second-order valence-corrected chi connectivity index (χ2v) is 7.80.